The first-order chi connectivity index (χ1) is 13.2. The molecule has 27 heavy (non-hydrogen) atoms. The van der Waals surface area contributed by atoms with E-state index in [4.69, 9.17) is 4.74 Å². The minimum absolute atomic E-state index is 0.0640. The van der Waals surface area contributed by atoms with Gasteiger partial charge in [0.2, 0.25) is 5.88 Å². The van der Waals surface area contributed by atoms with Crippen LogP contribution in [0, 0.1) is 6.92 Å². The number of fused-ring (bicyclic) bond motifs is 2. The molecular weight excluding hydrogens is 358 g/mol. The summed E-state index contributed by atoms with van der Waals surface area (Å²) in [5, 5.41) is 8.34. The van der Waals surface area contributed by atoms with Gasteiger partial charge in [-0.15, -0.1) is 11.3 Å². The molecule has 5 nitrogen and oxygen atoms in total. The van der Waals surface area contributed by atoms with E-state index in [-0.39, 0.29) is 5.91 Å². The van der Waals surface area contributed by atoms with E-state index in [1.54, 1.807) is 11.3 Å². The number of amides is 1. The number of hydrogen-bond donors (Lipinski definition) is 2. The summed E-state index contributed by atoms with van der Waals surface area (Å²) in [5.41, 5.74) is 6.57. The van der Waals surface area contributed by atoms with Gasteiger partial charge in [0, 0.05) is 34.4 Å². The van der Waals surface area contributed by atoms with Crippen molar-refractivity contribution >= 4 is 40.3 Å². The standard InChI is InChI=1S/C21H17N3O2S/c1-12-17(11-23-21-19(12)22-6-7-26-21)13-4-5-18-15(9-13)16(20(25)24-18)10-14-3-2-8-27-14/h2-5,8-11,22H,6-7H2,1H3,(H,24,25). The lowest BCUT2D eigenvalue weighted by Gasteiger charge is -2.21. The Labute approximate surface area is 160 Å². The molecule has 2 N–H and O–H groups in total. The van der Waals surface area contributed by atoms with Gasteiger partial charge in [-0.1, -0.05) is 12.1 Å². The molecule has 5 rings (SSSR count). The number of carbonyl (C=O) groups excluding carboxylic acids is 1. The maximum absolute atomic E-state index is 12.5. The number of aromatic nitrogens is 1. The second-order valence-corrected chi connectivity index (χ2v) is 7.52. The molecule has 0 radical (unpaired) electrons. The molecule has 0 saturated heterocycles. The molecule has 1 aromatic carbocycles. The summed E-state index contributed by atoms with van der Waals surface area (Å²) in [7, 11) is 0. The zero-order valence-corrected chi connectivity index (χ0v) is 15.5. The van der Waals surface area contributed by atoms with Gasteiger partial charge in [0.1, 0.15) is 12.3 Å². The van der Waals surface area contributed by atoms with E-state index in [1.807, 2.05) is 41.9 Å². The SMILES string of the molecule is Cc1c(-c2ccc3c(c2)C(=Cc2cccs2)C(=O)N3)cnc2c1NCCO2. The first-order valence-electron chi connectivity index (χ1n) is 8.78. The van der Waals surface area contributed by atoms with Crippen LogP contribution < -0.4 is 15.4 Å². The van der Waals surface area contributed by atoms with Gasteiger partial charge in [-0.3, -0.25) is 4.79 Å². The first kappa shape index (κ1) is 16.1. The monoisotopic (exact) mass is 375 g/mol. The van der Waals surface area contributed by atoms with E-state index in [0.29, 0.717) is 18.1 Å². The van der Waals surface area contributed by atoms with Crippen LogP contribution >= 0.6 is 11.3 Å². The lowest BCUT2D eigenvalue weighted by Crippen LogP contribution is -2.20. The predicted molar refractivity (Wildman–Crippen MR) is 109 cm³/mol. The third kappa shape index (κ3) is 2.69. The molecular formula is C21H17N3O2S. The van der Waals surface area contributed by atoms with Crippen LogP contribution in [0.5, 0.6) is 5.88 Å². The third-order valence-electron chi connectivity index (χ3n) is 4.89. The van der Waals surface area contributed by atoms with Gasteiger partial charge in [0.15, 0.2) is 0 Å². The lowest BCUT2D eigenvalue weighted by molar-refractivity contribution is -0.110. The van der Waals surface area contributed by atoms with Gasteiger partial charge in [-0.25, -0.2) is 4.98 Å². The maximum atomic E-state index is 12.5. The molecule has 6 heteroatoms. The molecule has 134 valence electrons. The van der Waals surface area contributed by atoms with Crippen molar-refractivity contribution in [1.29, 1.82) is 0 Å². The minimum Gasteiger partial charge on any atom is -0.474 e. The molecule has 0 spiro atoms. The number of carbonyl (C=O) groups is 1. The highest BCUT2D eigenvalue weighted by Crippen LogP contribution is 2.40. The average molecular weight is 375 g/mol. The summed E-state index contributed by atoms with van der Waals surface area (Å²) in [6, 6.07) is 10.0. The van der Waals surface area contributed by atoms with Gasteiger partial charge in [0.25, 0.3) is 5.91 Å². The number of nitrogens with one attached hydrogen (secondary N) is 2. The van der Waals surface area contributed by atoms with Crippen LogP contribution in [-0.4, -0.2) is 24.0 Å². The number of thiophene rings is 1. The highest BCUT2D eigenvalue weighted by atomic mass is 32.1. The smallest absolute Gasteiger partial charge is 0.256 e. The van der Waals surface area contributed by atoms with E-state index < -0.39 is 0 Å². The number of hydrogen-bond acceptors (Lipinski definition) is 5. The van der Waals surface area contributed by atoms with Crippen LogP contribution in [0.1, 0.15) is 16.0 Å². The van der Waals surface area contributed by atoms with Crippen LogP contribution in [0.15, 0.2) is 41.9 Å². The quantitative estimate of drug-likeness (QED) is 0.651. The normalized spacial score (nSPS) is 16.3. The van der Waals surface area contributed by atoms with E-state index in [0.717, 1.165) is 45.1 Å². The number of pyridine rings is 1. The summed E-state index contributed by atoms with van der Waals surface area (Å²) in [6.45, 7) is 3.47. The Morgan fingerprint density at radius 2 is 2.19 bits per heavy atom. The summed E-state index contributed by atoms with van der Waals surface area (Å²) < 4.78 is 5.62. The van der Waals surface area contributed by atoms with Crippen molar-refractivity contribution in [3.63, 3.8) is 0 Å². The molecule has 0 saturated carbocycles. The fourth-order valence-electron chi connectivity index (χ4n) is 3.53. The largest absolute Gasteiger partial charge is 0.474 e. The van der Waals surface area contributed by atoms with Crippen molar-refractivity contribution in [3.05, 3.63) is 57.9 Å². The second kappa shape index (κ2) is 6.25. The van der Waals surface area contributed by atoms with Crippen LogP contribution in [-0.2, 0) is 4.79 Å². The predicted octanol–water partition coefficient (Wildman–Crippen LogP) is 4.42. The molecule has 0 atom stereocenters. The van der Waals surface area contributed by atoms with Gasteiger partial charge in [0.05, 0.1) is 5.57 Å². The van der Waals surface area contributed by atoms with Gasteiger partial charge < -0.3 is 15.4 Å². The Morgan fingerprint density at radius 1 is 1.26 bits per heavy atom. The topological polar surface area (TPSA) is 63.2 Å². The maximum Gasteiger partial charge on any atom is 0.256 e. The Kier molecular flexibility index (Phi) is 3.72. The van der Waals surface area contributed by atoms with Crippen molar-refractivity contribution in [3.8, 4) is 17.0 Å². The van der Waals surface area contributed by atoms with Crippen molar-refractivity contribution in [1.82, 2.24) is 4.98 Å². The molecule has 0 aliphatic carbocycles. The van der Waals surface area contributed by atoms with Crippen molar-refractivity contribution in [2.75, 3.05) is 23.8 Å². The number of ether oxygens (including phenoxy) is 1. The molecule has 2 aliphatic heterocycles. The summed E-state index contributed by atoms with van der Waals surface area (Å²) in [4.78, 5) is 18.0. The molecule has 0 unspecified atom stereocenters. The third-order valence-corrected chi connectivity index (χ3v) is 5.71. The van der Waals surface area contributed by atoms with E-state index in [9.17, 15) is 4.79 Å². The van der Waals surface area contributed by atoms with Gasteiger partial charge >= 0.3 is 0 Å². The zero-order valence-electron chi connectivity index (χ0n) is 14.7. The van der Waals surface area contributed by atoms with Crippen LogP contribution in [0.4, 0.5) is 11.4 Å². The number of anilines is 2. The van der Waals surface area contributed by atoms with Crippen LogP contribution in [0.3, 0.4) is 0 Å². The molecule has 0 bridgehead atoms. The van der Waals surface area contributed by atoms with Crippen molar-refractivity contribution < 1.29 is 9.53 Å². The molecule has 2 aliphatic rings. The van der Waals surface area contributed by atoms with E-state index >= 15 is 0 Å². The Hall–Kier alpha value is -3.12. The molecule has 0 fully saturated rings. The van der Waals surface area contributed by atoms with Crippen molar-refractivity contribution in [2.45, 2.75) is 6.92 Å². The van der Waals surface area contributed by atoms with Crippen LogP contribution in [0.25, 0.3) is 22.8 Å². The lowest BCUT2D eigenvalue weighted by atomic mass is 9.97. The van der Waals surface area contributed by atoms with Gasteiger partial charge in [-0.2, -0.15) is 0 Å². The first-order valence-corrected chi connectivity index (χ1v) is 9.66. The fraction of sp³-hybridized carbons (Fsp3) is 0.143. The molecule has 1 amide bonds. The van der Waals surface area contributed by atoms with E-state index in [1.165, 1.54) is 0 Å². The van der Waals surface area contributed by atoms with E-state index in [2.05, 4.69) is 28.6 Å². The average Bonchev–Trinajstić information content (AvgIpc) is 3.31. The Balaban J connectivity index is 1.61. The summed E-state index contributed by atoms with van der Waals surface area (Å²) in [6.07, 6.45) is 3.79. The summed E-state index contributed by atoms with van der Waals surface area (Å²) in [5.74, 6) is 0.588. The second-order valence-electron chi connectivity index (χ2n) is 6.54. The Bertz CT molecular complexity index is 1090. The number of rotatable bonds is 2. The summed E-state index contributed by atoms with van der Waals surface area (Å²) >= 11 is 1.62. The highest BCUT2D eigenvalue weighted by Gasteiger charge is 2.25. The number of nitrogens with zero attached hydrogens (tertiary/aromatic N) is 1. The molecule has 3 aromatic rings. The molecule has 4 heterocycles. The number of benzene rings is 1. The zero-order chi connectivity index (χ0) is 18.4. The van der Waals surface area contributed by atoms with Crippen LogP contribution in [0.2, 0.25) is 0 Å². The Morgan fingerprint density at radius 3 is 3.04 bits per heavy atom. The van der Waals surface area contributed by atoms with Crippen molar-refractivity contribution in [2.24, 2.45) is 0 Å². The highest BCUT2D eigenvalue weighted by molar-refractivity contribution is 7.11. The minimum atomic E-state index is -0.0640. The van der Waals surface area contributed by atoms with Gasteiger partial charge in [-0.05, 0) is 47.7 Å². The molecule has 2 aromatic heterocycles. The fourth-order valence-corrected chi connectivity index (χ4v) is 4.18.